The van der Waals surface area contributed by atoms with E-state index in [1.807, 2.05) is 6.92 Å². The molecule has 1 saturated heterocycles. The number of nitrogens with one attached hydrogen (secondary N) is 1. The van der Waals surface area contributed by atoms with Crippen LogP contribution in [0.3, 0.4) is 0 Å². The molecule has 0 aromatic rings. The first kappa shape index (κ1) is 11.1. The van der Waals surface area contributed by atoms with Crippen LogP contribution in [-0.2, 0) is 9.53 Å². The average Bonchev–Trinajstić information content (AvgIpc) is 2.69. The van der Waals surface area contributed by atoms with Gasteiger partial charge in [-0.2, -0.15) is 0 Å². The van der Waals surface area contributed by atoms with E-state index in [1.165, 1.54) is 0 Å². The quantitative estimate of drug-likeness (QED) is 0.678. The lowest BCUT2D eigenvalue weighted by atomic mass is 10.1. The van der Waals surface area contributed by atoms with Gasteiger partial charge in [0.2, 0.25) is 5.91 Å². The van der Waals surface area contributed by atoms with Crippen LogP contribution in [0.4, 0.5) is 0 Å². The Labute approximate surface area is 85.2 Å². The van der Waals surface area contributed by atoms with Gasteiger partial charge in [-0.3, -0.25) is 4.79 Å². The summed E-state index contributed by atoms with van der Waals surface area (Å²) in [6.07, 6.45) is 7.53. The highest BCUT2D eigenvalue weighted by molar-refractivity contribution is 5.79. The lowest BCUT2D eigenvalue weighted by Gasteiger charge is -2.16. The summed E-state index contributed by atoms with van der Waals surface area (Å²) in [4.78, 5) is 11.6. The summed E-state index contributed by atoms with van der Waals surface area (Å²) in [5.41, 5.74) is 0. The highest BCUT2D eigenvalue weighted by atomic mass is 16.5. The normalized spacial score (nSPS) is 22.7. The summed E-state index contributed by atoms with van der Waals surface area (Å²) in [5.74, 6) is 2.69. The van der Waals surface area contributed by atoms with E-state index >= 15 is 0 Å². The van der Waals surface area contributed by atoms with Crippen LogP contribution in [0.25, 0.3) is 0 Å². The Balaban J connectivity index is 2.34. The molecular formula is C11H17NO2. The van der Waals surface area contributed by atoms with Gasteiger partial charge < -0.3 is 10.1 Å². The van der Waals surface area contributed by atoms with E-state index in [2.05, 4.69) is 11.2 Å². The minimum Gasteiger partial charge on any atom is -0.381 e. The molecule has 0 aromatic carbocycles. The van der Waals surface area contributed by atoms with Crippen molar-refractivity contribution in [2.75, 3.05) is 13.2 Å². The lowest BCUT2D eigenvalue weighted by molar-refractivity contribution is -0.125. The van der Waals surface area contributed by atoms with Crippen LogP contribution in [0.5, 0.6) is 0 Å². The number of carbonyl (C=O) groups excluding carboxylic acids is 1. The highest BCUT2D eigenvalue weighted by Gasteiger charge is 2.24. The Morgan fingerprint density at radius 2 is 2.57 bits per heavy atom. The minimum absolute atomic E-state index is 0.0295. The molecule has 1 aliphatic rings. The maximum absolute atomic E-state index is 11.6. The molecule has 0 aromatic heterocycles. The highest BCUT2D eigenvalue weighted by Crippen LogP contribution is 2.12. The Morgan fingerprint density at radius 1 is 1.79 bits per heavy atom. The van der Waals surface area contributed by atoms with Crippen LogP contribution in [0, 0.1) is 18.3 Å². The van der Waals surface area contributed by atoms with Gasteiger partial charge in [-0.25, -0.2) is 0 Å². The molecule has 14 heavy (non-hydrogen) atoms. The van der Waals surface area contributed by atoms with E-state index in [9.17, 15) is 4.79 Å². The second-order valence-electron chi connectivity index (χ2n) is 3.58. The second kappa shape index (κ2) is 5.66. The number of terminal acetylenes is 1. The molecule has 2 unspecified atom stereocenters. The van der Waals surface area contributed by atoms with E-state index in [-0.39, 0.29) is 17.9 Å². The van der Waals surface area contributed by atoms with Crippen molar-refractivity contribution in [3.8, 4) is 12.3 Å². The molecule has 0 bridgehead atoms. The van der Waals surface area contributed by atoms with Crippen LogP contribution in [0.15, 0.2) is 0 Å². The first-order valence-electron chi connectivity index (χ1n) is 5.09. The standard InChI is InChI=1S/C11H17NO2/c1-3-5-10(4-2)12-11(13)9-6-7-14-8-9/h1,9-10H,4-8H2,2H3,(H,12,13). The molecule has 0 radical (unpaired) electrons. The molecule has 0 spiro atoms. The molecule has 3 heteroatoms. The van der Waals surface area contributed by atoms with E-state index in [0.29, 0.717) is 19.6 Å². The van der Waals surface area contributed by atoms with E-state index in [1.54, 1.807) is 0 Å². The Hall–Kier alpha value is -1.01. The predicted molar refractivity (Wildman–Crippen MR) is 54.6 cm³/mol. The summed E-state index contributed by atoms with van der Waals surface area (Å²) in [5, 5.41) is 2.95. The Morgan fingerprint density at radius 3 is 3.07 bits per heavy atom. The lowest BCUT2D eigenvalue weighted by Crippen LogP contribution is -2.38. The largest absolute Gasteiger partial charge is 0.381 e. The summed E-state index contributed by atoms with van der Waals surface area (Å²) < 4.78 is 5.15. The van der Waals surface area contributed by atoms with Gasteiger partial charge in [0.25, 0.3) is 0 Å². The number of hydrogen-bond donors (Lipinski definition) is 1. The zero-order valence-electron chi connectivity index (χ0n) is 8.58. The molecule has 1 fully saturated rings. The van der Waals surface area contributed by atoms with Gasteiger partial charge in [0.1, 0.15) is 0 Å². The van der Waals surface area contributed by atoms with E-state index in [4.69, 9.17) is 11.2 Å². The molecule has 3 nitrogen and oxygen atoms in total. The SMILES string of the molecule is C#CCC(CC)NC(=O)C1CCOC1. The van der Waals surface area contributed by atoms with Crippen molar-refractivity contribution in [2.45, 2.75) is 32.2 Å². The third kappa shape index (κ3) is 3.04. The van der Waals surface area contributed by atoms with Gasteiger partial charge >= 0.3 is 0 Å². The predicted octanol–water partition coefficient (Wildman–Crippen LogP) is 0.941. The molecule has 0 saturated carbocycles. The van der Waals surface area contributed by atoms with Crippen LogP contribution < -0.4 is 5.32 Å². The van der Waals surface area contributed by atoms with Crippen molar-refractivity contribution in [2.24, 2.45) is 5.92 Å². The van der Waals surface area contributed by atoms with E-state index < -0.39 is 0 Å². The third-order valence-corrected chi connectivity index (χ3v) is 2.50. The number of carbonyl (C=O) groups is 1. The molecule has 1 N–H and O–H groups in total. The van der Waals surface area contributed by atoms with Crippen LogP contribution in [0.1, 0.15) is 26.2 Å². The maximum Gasteiger partial charge on any atom is 0.225 e. The first-order valence-corrected chi connectivity index (χ1v) is 5.09. The third-order valence-electron chi connectivity index (χ3n) is 2.50. The minimum atomic E-state index is 0.0295. The van der Waals surface area contributed by atoms with Gasteiger partial charge in [-0.15, -0.1) is 12.3 Å². The molecule has 78 valence electrons. The molecule has 1 rings (SSSR count). The Bertz CT molecular complexity index is 226. The summed E-state index contributed by atoms with van der Waals surface area (Å²) in [7, 11) is 0. The second-order valence-corrected chi connectivity index (χ2v) is 3.58. The number of ether oxygens (including phenoxy) is 1. The van der Waals surface area contributed by atoms with Crippen molar-refractivity contribution in [1.29, 1.82) is 0 Å². The smallest absolute Gasteiger partial charge is 0.225 e. The average molecular weight is 195 g/mol. The van der Waals surface area contributed by atoms with Gasteiger partial charge in [0.15, 0.2) is 0 Å². The summed E-state index contributed by atoms with van der Waals surface area (Å²) in [6, 6.07) is 0.119. The number of hydrogen-bond acceptors (Lipinski definition) is 2. The van der Waals surface area contributed by atoms with Crippen LogP contribution in [0.2, 0.25) is 0 Å². The Kier molecular flexibility index (Phi) is 4.48. The molecule has 1 heterocycles. The van der Waals surface area contributed by atoms with Crippen molar-refractivity contribution in [1.82, 2.24) is 5.32 Å². The van der Waals surface area contributed by atoms with Crippen molar-refractivity contribution < 1.29 is 9.53 Å². The fourth-order valence-corrected chi connectivity index (χ4v) is 1.50. The molecule has 1 aliphatic heterocycles. The molecule has 0 aliphatic carbocycles. The summed E-state index contributed by atoms with van der Waals surface area (Å²) in [6.45, 7) is 3.27. The van der Waals surface area contributed by atoms with Crippen molar-refractivity contribution in [3.05, 3.63) is 0 Å². The zero-order chi connectivity index (χ0) is 10.4. The number of amides is 1. The molecular weight excluding hydrogens is 178 g/mol. The fraction of sp³-hybridized carbons (Fsp3) is 0.727. The molecule has 2 atom stereocenters. The summed E-state index contributed by atoms with van der Waals surface area (Å²) >= 11 is 0. The maximum atomic E-state index is 11.6. The van der Waals surface area contributed by atoms with Crippen LogP contribution in [-0.4, -0.2) is 25.2 Å². The first-order chi connectivity index (χ1) is 6.77. The van der Waals surface area contributed by atoms with Crippen molar-refractivity contribution in [3.63, 3.8) is 0 Å². The van der Waals surface area contributed by atoms with Crippen LogP contribution >= 0.6 is 0 Å². The van der Waals surface area contributed by atoms with E-state index in [0.717, 1.165) is 12.8 Å². The van der Waals surface area contributed by atoms with Crippen molar-refractivity contribution >= 4 is 5.91 Å². The van der Waals surface area contributed by atoms with Gasteiger partial charge in [-0.05, 0) is 12.8 Å². The monoisotopic (exact) mass is 195 g/mol. The fourth-order valence-electron chi connectivity index (χ4n) is 1.50. The van der Waals surface area contributed by atoms with Gasteiger partial charge in [0, 0.05) is 19.1 Å². The number of rotatable bonds is 4. The molecule has 1 amide bonds. The van der Waals surface area contributed by atoms with Gasteiger partial charge in [0.05, 0.1) is 12.5 Å². The van der Waals surface area contributed by atoms with Gasteiger partial charge in [-0.1, -0.05) is 6.92 Å². The zero-order valence-corrected chi connectivity index (χ0v) is 8.58. The topological polar surface area (TPSA) is 38.3 Å².